The molecule has 0 amide bonds. The van der Waals surface area contributed by atoms with Crippen LogP contribution in [0.25, 0.3) is 144 Å². The van der Waals surface area contributed by atoms with E-state index in [2.05, 4.69) is 325 Å². The van der Waals surface area contributed by atoms with Crippen LogP contribution in [-0.2, 0) is 0 Å². The lowest BCUT2D eigenvalue weighted by Crippen LogP contribution is -1.97. The van der Waals surface area contributed by atoms with Crippen molar-refractivity contribution in [2.24, 2.45) is 0 Å². The molecule has 0 saturated heterocycles. The van der Waals surface area contributed by atoms with Crippen LogP contribution in [0.15, 0.2) is 315 Å². The van der Waals surface area contributed by atoms with E-state index in [0.29, 0.717) is 0 Å². The van der Waals surface area contributed by atoms with Gasteiger partial charge in [0.1, 0.15) is 0 Å². The minimum atomic E-state index is 1.13. The molecule has 0 spiro atoms. The summed E-state index contributed by atoms with van der Waals surface area (Å²) in [4.78, 5) is 0. The highest BCUT2D eigenvalue weighted by Gasteiger charge is 2.19. The maximum Gasteiger partial charge on any atom is 0.0541 e. The van der Waals surface area contributed by atoms with E-state index in [1.54, 1.807) is 0 Å². The maximum absolute atomic E-state index is 2.43. The minimum Gasteiger partial charge on any atom is -0.309 e. The summed E-state index contributed by atoms with van der Waals surface area (Å²) in [6.45, 7) is 0. The quantitative estimate of drug-likeness (QED) is 0.129. The van der Waals surface area contributed by atoms with Gasteiger partial charge in [0, 0.05) is 32.8 Å². The zero-order valence-electron chi connectivity index (χ0n) is 43.9. The molecule has 0 unspecified atom stereocenters. The lowest BCUT2D eigenvalue weighted by Gasteiger charge is -2.14. The normalized spacial score (nSPS) is 11.5. The van der Waals surface area contributed by atoms with E-state index in [1.807, 2.05) is 0 Å². The van der Waals surface area contributed by atoms with Gasteiger partial charge in [0.05, 0.1) is 27.8 Å². The largest absolute Gasteiger partial charge is 0.309 e. The molecule has 0 N–H and O–H groups in total. The molecular formula is C78H52N2. The first-order valence-electron chi connectivity index (χ1n) is 27.5. The van der Waals surface area contributed by atoms with Crippen LogP contribution in [-0.4, -0.2) is 9.13 Å². The van der Waals surface area contributed by atoms with Gasteiger partial charge in [-0.3, -0.25) is 0 Å². The van der Waals surface area contributed by atoms with Crippen LogP contribution < -0.4 is 0 Å². The van der Waals surface area contributed by atoms with Crippen molar-refractivity contribution in [3.05, 3.63) is 315 Å². The molecule has 0 radical (unpaired) electrons. The van der Waals surface area contributed by atoms with Gasteiger partial charge in [0.2, 0.25) is 0 Å². The molecule has 0 atom stereocenters. The second-order valence-electron chi connectivity index (χ2n) is 20.9. The van der Waals surface area contributed by atoms with Gasteiger partial charge in [-0.25, -0.2) is 0 Å². The monoisotopic (exact) mass is 1020 g/mol. The third-order valence-electron chi connectivity index (χ3n) is 16.1. The van der Waals surface area contributed by atoms with Gasteiger partial charge in [-0.1, -0.05) is 243 Å². The Kier molecular flexibility index (Phi) is 11.6. The summed E-state index contributed by atoms with van der Waals surface area (Å²) >= 11 is 0. The van der Waals surface area contributed by atoms with Gasteiger partial charge in [0.25, 0.3) is 0 Å². The van der Waals surface area contributed by atoms with Crippen LogP contribution in [0.1, 0.15) is 0 Å². The van der Waals surface area contributed by atoms with Crippen molar-refractivity contribution in [3.63, 3.8) is 0 Å². The lowest BCUT2D eigenvalue weighted by atomic mass is 9.94. The Hall–Kier alpha value is -10.5. The summed E-state index contributed by atoms with van der Waals surface area (Å²) in [6, 6.07) is 115. The van der Waals surface area contributed by atoms with Gasteiger partial charge in [-0.15, -0.1) is 0 Å². The molecule has 374 valence electrons. The Morgan fingerprint density at radius 3 is 0.988 bits per heavy atom. The number of para-hydroxylation sites is 3. The average Bonchev–Trinajstić information content (AvgIpc) is 4.08. The highest BCUT2D eigenvalue weighted by Crippen LogP contribution is 2.41. The van der Waals surface area contributed by atoms with E-state index in [-0.39, 0.29) is 0 Å². The number of nitrogens with zero attached hydrogens (tertiary/aromatic N) is 2. The van der Waals surface area contributed by atoms with E-state index in [4.69, 9.17) is 0 Å². The second kappa shape index (κ2) is 19.8. The third kappa shape index (κ3) is 8.39. The average molecular weight is 1020 g/mol. The number of hydrogen-bond acceptors (Lipinski definition) is 0. The summed E-state index contributed by atoms with van der Waals surface area (Å²) in [6.07, 6.45) is 0. The maximum atomic E-state index is 2.43. The second-order valence-corrected chi connectivity index (χ2v) is 20.9. The molecular weight excluding hydrogens is 965 g/mol. The van der Waals surface area contributed by atoms with Gasteiger partial charge in [0.15, 0.2) is 0 Å². The molecule has 15 rings (SSSR count). The summed E-state index contributed by atoms with van der Waals surface area (Å²) in [7, 11) is 0. The highest BCUT2D eigenvalue weighted by atomic mass is 15.0. The first-order chi connectivity index (χ1) is 39.6. The molecule has 15 aromatic rings. The molecule has 2 aromatic heterocycles. The van der Waals surface area contributed by atoms with E-state index in [9.17, 15) is 0 Å². The summed E-state index contributed by atoms with van der Waals surface area (Å²) in [5.41, 5.74) is 26.3. The van der Waals surface area contributed by atoms with Gasteiger partial charge < -0.3 is 9.13 Å². The van der Waals surface area contributed by atoms with Crippen molar-refractivity contribution in [2.75, 3.05) is 0 Å². The standard InChI is InChI=1S/C78H52N2/c1-3-17-53(18-4-1)54-35-37-55(38-36-54)59-21-13-24-62(47-59)63-25-14-22-60(48-63)56-39-41-57(42-40-56)61-23-15-26-64(49-61)65-27-16-28-68(50-65)79-75-33-11-8-30-70(75)72-51-66(43-45-77(72)79)67-44-46-78-73(52-67)71-31-9-12-34-76(71)80(78)74-32-10-7-29-69(74)58-19-5-2-6-20-58/h1-52H. The molecule has 0 bridgehead atoms. The molecule has 80 heavy (non-hydrogen) atoms. The molecule has 0 fully saturated rings. The Morgan fingerprint density at radius 2 is 0.475 bits per heavy atom. The molecule has 2 nitrogen and oxygen atoms in total. The fourth-order valence-corrected chi connectivity index (χ4v) is 12.2. The fourth-order valence-electron chi connectivity index (χ4n) is 12.2. The molecule has 0 aliphatic rings. The molecule has 2 heterocycles. The van der Waals surface area contributed by atoms with Crippen molar-refractivity contribution in [1.29, 1.82) is 0 Å². The highest BCUT2D eigenvalue weighted by molar-refractivity contribution is 6.13. The zero-order valence-corrected chi connectivity index (χ0v) is 43.9. The Bertz CT molecular complexity index is 4790. The van der Waals surface area contributed by atoms with Gasteiger partial charge >= 0.3 is 0 Å². The minimum absolute atomic E-state index is 1.13. The van der Waals surface area contributed by atoms with Gasteiger partial charge in [-0.2, -0.15) is 0 Å². The van der Waals surface area contributed by atoms with Crippen LogP contribution in [0.2, 0.25) is 0 Å². The van der Waals surface area contributed by atoms with E-state index in [1.165, 1.54) is 138 Å². The molecule has 0 aliphatic heterocycles. The third-order valence-corrected chi connectivity index (χ3v) is 16.1. The van der Waals surface area contributed by atoms with Crippen LogP contribution >= 0.6 is 0 Å². The van der Waals surface area contributed by atoms with Crippen molar-refractivity contribution in [3.8, 4) is 100 Å². The van der Waals surface area contributed by atoms with Crippen molar-refractivity contribution in [2.45, 2.75) is 0 Å². The van der Waals surface area contributed by atoms with Crippen molar-refractivity contribution >= 4 is 43.6 Å². The van der Waals surface area contributed by atoms with Crippen LogP contribution in [0.4, 0.5) is 0 Å². The molecule has 0 saturated carbocycles. The van der Waals surface area contributed by atoms with Crippen molar-refractivity contribution < 1.29 is 0 Å². The van der Waals surface area contributed by atoms with Gasteiger partial charge in [-0.05, 0) is 156 Å². The van der Waals surface area contributed by atoms with Crippen LogP contribution in [0, 0.1) is 0 Å². The number of aromatic nitrogens is 2. The number of hydrogen-bond donors (Lipinski definition) is 0. The SMILES string of the molecule is c1ccc(-c2ccc(-c3cccc(-c4cccc(-c5ccc(-c6cccc(-c7cccc(-n8c9ccccc9c9cc(-c%10ccc%11c(c%10)c%10ccccc%10n%11-c%10ccccc%10-c%10ccccc%10)ccc98)c7)c6)cc5)c4)c3)cc2)cc1. The van der Waals surface area contributed by atoms with E-state index in [0.717, 1.165) is 5.69 Å². The first-order valence-corrected chi connectivity index (χ1v) is 27.5. The van der Waals surface area contributed by atoms with Crippen LogP contribution in [0.3, 0.4) is 0 Å². The summed E-state index contributed by atoms with van der Waals surface area (Å²) < 4.78 is 4.86. The first kappa shape index (κ1) is 46.7. The number of rotatable bonds is 10. The molecule has 13 aromatic carbocycles. The Balaban J connectivity index is 0.714. The predicted octanol–water partition coefficient (Wildman–Crippen LogP) is 21.2. The predicted molar refractivity (Wildman–Crippen MR) is 339 cm³/mol. The fraction of sp³-hybridized carbons (Fsp3) is 0. The van der Waals surface area contributed by atoms with E-state index < -0.39 is 0 Å². The Labute approximate surface area is 466 Å². The van der Waals surface area contributed by atoms with E-state index >= 15 is 0 Å². The zero-order chi connectivity index (χ0) is 52.9. The summed E-state index contributed by atoms with van der Waals surface area (Å²) in [5.74, 6) is 0. The van der Waals surface area contributed by atoms with Crippen molar-refractivity contribution in [1.82, 2.24) is 9.13 Å². The summed E-state index contributed by atoms with van der Waals surface area (Å²) in [5, 5.41) is 4.95. The molecule has 2 heteroatoms. The number of fused-ring (bicyclic) bond motifs is 6. The topological polar surface area (TPSA) is 9.86 Å². The lowest BCUT2D eigenvalue weighted by molar-refractivity contribution is 1.18. The van der Waals surface area contributed by atoms with Crippen LogP contribution in [0.5, 0.6) is 0 Å². The number of benzene rings is 13. The molecule has 0 aliphatic carbocycles. The smallest absolute Gasteiger partial charge is 0.0541 e. The Morgan fingerprint density at radius 1 is 0.163 bits per heavy atom.